The van der Waals surface area contributed by atoms with Crippen LogP contribution in [0.3, 0.4) is 0 Å². The zero-order valence-corrected chi connectivity index (χ0v) is 9.05. The van der Waals surface area contributed by atoms with Gasteiger partial charge in [0.15, 0.2) is 5.75 Å². The second-order valence-electron chi connectivity index (χ2n) is 2.23. The van der Waals surface area contributed by atoms with Gasteiger partial charge in [0.05, 0.1) is 5.02 Å². The monoisotopic (exact) mass is 264 g/mol. The molecule has 0 radical (unpaired) electrons. The van der Waals surface area contributed by atoms with E-state index in [1.807, 2.05) is 0 Å². The number of rotatable bonds is 2. The second kappa shape index (κ2) is 4.48. The Bertz CT molecular complexity index is 327. The van der Waals surface area contributed by atoms with E-state index in [1.165, 1.54) is 6.92 Å². The molecule has 0 amide bonds. The van der Waals surface area contributed by atoms with Crippen molar-refractivity contribution in [2.45, 2.75) is 6.92 Å². The Balaban J connectivity index is 2.75. The SMILES string of the molecule is CC(=O)OOc1cc(Br)ccc1Cl. The van der Waals surface area contributed by atoms with E-state index in [0.29, 0.717) is 10.8 Å². The van der Waals surface area contributed by atoms with Crippen molar-refractivity contribution in [3.63, 3.8) is 0 Å². The molecule has 0 unspecified atom stereocenters. The fraction of sp³-hybridized carbons (Fsp3) is 0.125. The van der Waals surface area contributed by atoms with Crippen LogP contribution in [0.25, 0.3) is 0 Å². The lowest BCUT2D eigenvalue weighted by atomic mass is 10.3. The van der Waals surface area contributed by atoms with Crippen LogP contribution in [0, 0.1) is 0 Å². The number of carbonyl (C=O) groups is 1. The van der Waals surface area contributed by atoms with E-state index < -0.39 is 5.97 Å². The highest BCUT2D eigenvalue weighted by Gasteiger charge is 2.04. The first-order chi connectivity index (χ1) is 6.09. The van der Waals surface area contributed by atoms with Gasteiger partial charge in [0.2, 0.25) is 0 Å². The van der Waals surface area contributed by atoms with Gasteiger partial charge in [-0.3, -0.25) is 9.78 Å². The average Bonchev–Trinajstić information content (AvgIpc) is 2.06. The molecule has 0 aliphatic rings. The van der Waals surface area contributed by atoms with Crippen LogP contribution in [-0.2, 0) is 9.68 Å². The van der Waals surface area contributed by atoms with E-state index in [-0.39, 0.29) is 0 Å². The van der Waals surface area contributed by atoms with Gasteiger partial charge in [-0.25, -0.2) is 4.79 Å². The minimum atomic E-state index is -0.531. The van der Waals surface area contributed by atoms with Gasteiger partial charge in [0.1, 0.15) is 0 Å². The van der Waals surface area contributed by atoms with Crippen LogP contribution in [-0.4, -0.2) is 5.97 Å². The van der Waals surface area contributed by atoms with Gasteiger partial charge < -0.3 is 0 Å². The summed E-state index contributed by atoms with van der Waals surface area (Å²) in [4.78, 5) is 19.4. The Morgan fingerprint density at radius 2 is 2.23 bits per heavy atom. The molecular weight excluding hydrogens is 259 g/mol. The highest BCUT2D eigenvalue weighted by atomic mass is 79.9. The van der Waals surface area contributed by atoms with E-state index in [1.54, 1.807) is 18.2 Å². The van der Waals surface area contributed by atoms with Gasteiger partial charge in [0.25, 0.3) is 0 Å². The first kappa shape index (κ1) is 10.3. The number of carbonyl (C=O) groups excluding carboxylic acids is 1. The van der Waals surface area contributed by atoms with Crippen LogP contribution < -0.4 is 4.89 Å². The fourth-order valence-corrected chi connectivity index (χ4v) is 1.13. The van der Waals surface area contributed by atoms with Crippen LogP contribution in [0.1, 0.15) is 6.92 Å². The molecule has 1 aromatic rings. The second-order valence-corrected chi connectivity index (χ2v) is 3.56. The highest BCUT2D eigenvalue weighted by molar-refractivity contribution is 9.10. The molecular formula is C8H6BrClO3. The molecule has 0 aliphatic carbocycles. The first-order valence-corrected chi connectivity index (χ1v) is 4.57. The van der Waals surface area contributed by atoms with Gasteiger partial charge >= 0.3 is 5.97 Å². The van der Waals surface area contributed by atoms with Crippen molar-refractivity contribution in [3.05, 3.63) is 27.7 Å². The Morgan fingerprint density at radius 3 is 2.85 bits per heavy atom. The quantitative estimate of drug-likeness (QED) is 0.609. The maximum Gasteiger partial charge on any atom is 0.352 e. The van der Waals surface area contributed by atoms with Crippen molar-refractivity contribution in [1.82, 2.24) is 0 Å². The summed E-state index contributed by atoms with van der Waals surface area (Å²) in [6.45, 7) is 1.24. The minimum Gasteiger partial charge on any atom is -0.285 e. The summed E-state index contributed by atoms with van der Waals surface area (Å²) in [5.41, 5.74) is 0. The predicted octanol–water partition coefficient (Wildman–Crippen LogP) is 2.96. The van der Waals surface area contributed by atoms with Crippen molar-refractivity contribution in [2.75, 3.05) is 0 Å². The van der Waals surface area contributed by atoms with E-state index in [2.05, 4.69) is 25.7 Å². The maximum atomic E-state index is 10.4. The van der Waals surface area contributed by atoms with Crippen molar-refractivity contribution in [3.8, 4) is 5.75 Å². The number of hydrogen-bond donors (Lipinski definition) is 0. The molecule has 1 rings (SSSR count). The third kappa shape index (κ3) is 3.24. The highest BCUT2D eigenvalue weighted by Crippen LogP contribution is 2.27. The average molecular weight is 265 g/mol. The Kier molecular flexibility index (Phi) is 3.57. The van der Waals surface area contributed by atoms with Crippen LogP contribution in [0.15, 0.2) is 22.7 Å². The topological polar surface area (TPSA) is 35.5 Å². The summed E-state index contributed by atoms with van der Waals surface area (Å²) in [6, 6.07) is 4.98. The molecule has 1 aromatic carbocycles. The summed E-state index contributed by atoms with van der Waals surface area (Å²) in [6.07, 6.45) is 0. The molecule has 0 spiro atoms. The Labute approximate surface area is 88.7 Å². The largest absolute Gasteiger partial charge is 0.352 e. The third-order valence-corrected chi connectivity index (χ3v) is 1.95. The van der Waals surface area contributed by atoms with Gasteiger partial charge in [-0.1, -0.05) is 27.5 Å². The lowest BCUT2D eigenvalue weighted by Gasteiger charge is -2.03. The molecule has 0 heterocycles. The summed E-state index contributed by atoms with van der Waals surface area (Å²) in [5, 5.41) is 0.379. The molecule has 0 saturated heterocycles. The molecule has 0 atom stereocenters. The normalized spacial score (nSPS) is 9.46. The fourth-order valence-electron chi connectivity index (χ4n) is 0.645. The molecule has 0 bridgehead atoms. The molecule has 0 aliphatic heterocycles. The van der Waals surface area contributed by atoms with Crippen LogP contribution in [0.2, 0.25) is 5.02 Å². The third-order valence-electron chi connectivity index (χ3n) is 1.14. The summed E-state index contributed by atoms with van der Waals surface area (Å²) in [7, 11) is 0. The van der Waals surface area contributed by atoms with E-state index in [4.69, 9.17) is 11.6 Å². The Morgan fingerprint density at radius 1 is 1.54 bits per heavy atom. The van der Waals surface area contributed by atoms with Crippen LogP contribution in [0.4, 0.5) is 0 Å². The van der Waals surface area contributed by atoms with Crippen LogP contribution in [0.5, 0.6) is 5.75 Å². The van der Waals surface area contributed by atoms with Crippen LogP contribution >= 0.6 is 27.5 Å². The lowest BCUT2D eigenvalue weighted by Crippen LogP contribution is -2.02. The molecule has 13 heavy (non-hydrogen) atoms. The van der Waals surface area contributed by atoms with Gasteiger partial charge in [-0.2, -0.15) is 0 Å². The lowest BCUT2D eigenvalue weighted by molar-refractivity contribution is -0.210. The van der Waals surface area contributed by atoms with Crippen molar-refractivity contribution >= 4 is 33.5 Å². The van der Waals surface area contributed by atoms with E-state index in [0.717, 1.165) is 4.47 Å². The molecule has 0 aromatic heterocycles. The molecule has 0 saturated carbocycles. The van der Waals surface area contributed by atoms with Crippen molar-refractivity contribution < 1.29 is 14.6 Å². The maximum absolute atomic E-state index is 10.4. The molecule has 0 fully saturated rings. The minimum absolute atomic E-state index is 0.297. The number of hydrogen-bond acceptors (Lipinski definition) is 3. The van der Waals surface area contributed by atoms with E-state index >= 15 is 0 Å². The standard InChI is InChI=1S/C8H6BrClO3/c1-5(11)12-13-8-4-6(9)2-3-7(8)10/h2-4H,1H3. The van der Waals surface area contributed by atoms with Crippen molar-refractivity contribution in [1.29, 1.82) is 0 Å². The van der Waals surface area contributed by atoms with E-state index in [9.17, 15) is 4.79 Å². The predicted molar refractivity (Wildman–Crippen MR) is 51.5 cm³/mol. The first-order valence-electron chi connectivity index (χ1n) is 3.40. The van der Waals surface area contributed by atoms with Crippen molar-refractivity contribution in [2.24, 2.45) is 0 Å². The smallest absolute Gasteiger partial charge is 0.285 e. The molecule has 3 nitrogen and oxygen atoms in total. The summed E-state index contributed by atoms with van der Waals surface area (Å²) < 4.78 is 0.791. The zero-order chi connectivity index (χ0) is 9.84. The van der Waals surface area contributed by atoms with Gasteiger partial charge in [-0.15, -0.1) is 0 Å². The molecule has 70 valence electrons. The summed E-state index contributed by atoms with van der Waals surface area (Å²) >= 11 is 8.97. The van der Waals surface area contributed by atoms with Gasteiger partial charge in [-0.05, 0) is 12.1 Å². The Hall–Kier alpha value is -0.740. The molecule has 0 N–H and O–H groups in total. The molecule has 5 heteroatoms. The zero-order valence-electron chi connectivity index (χ0n) is 6.71. The number of halogens is 2. The summed E-state index contributed by atoms with van der Waals surface area (Å²) in [5.74, 6) is -0.234. The number of benzene rings is 1. The van der Waals surface area contributed by atoms with Gasteiger partial charge in [0, 0.05) is 17.5 Å².